The molecule has 7 nitrogen and oxygen atoms in total. The highest BCUT2D eigenvalue weighted by Gasteiger charge is 2.31. The molecule has 0 radical (unpaired) electrons. The number of nitrogens with two attached hydrogens (primary N) is 1. The summed E-state index contributed by atoms with van der Waals surface area (Å²) in [5.41, 5.74) is 10.2. The van der Waals surface area contributed by atoms with Gasteiger partial charge in [0.15, 0.2) is 6.61 Å². The number of hydrogen-bond acceptors (Lipinski definition) is 7. The van der Waals surface area contributed by atoms with Crippen molar-refractivity contribution in [2.24, 2.45) is 5.73 Å². The van der Waals surface area contributed by atoms with Gasteiger partial charge >= 0.3 is 5.97 Å². The Labute approximate surface area is 249 Å². The number of hydrogen-bond donors (Lipinski definition) is 1. The van der Waals surface area contributed by atoms with Gasteiger partial charge in [0.05, 0.1) is 5.92 Å². The summed E-state index contributed by atoms with van der Waals surface area (Å²) in [6.45, 7) is 4.36. The van der Waals surface area contributed by atoms with E-state index in [1.54, 1.807) is 18.2 Å². The molecule has 0 saturated carbocycles. The largest absolute Gasteiger partial charge is 0.489 e. The first kappa shape index (κ1) is 28.6. The molecule has 2 N–H and O–H groups in total. The number of rotatable bonds is 9. The third kappa shape index (κ3) is 6.68. The van der Waals surface area contributed by atoms with Crippen LogP contribution in [0.25, 0.3) is 0 Å². The second-order valence-corrected chi connectivity index (χ2v) is 10.5. The van der Waals surface area contributed by atoms with Gasteiger partial charge < -0.3 is 24.7 Å². The van der Waals surface area contributed by atoms with Crippen LogP contribution in [0.4, 0.5) is 0 Å². The maximum atomic E-state index is 12.5. The molecule has 1 heterocycles. The number of carbonyl (C=O) groups excluding carboxylic acids is 1. The van der Waals surface area contributed by atoms with Gasteiger partial charge in [-0.1, -0.05) is 67.9 Å². The Morgan fingerprint density at radius 1 is 0.929 bits per heavy atom. The third-order valence-electron chi connectivity index (χ3n) is 6.86. The predicted molar refractivity (Wildman–Crippen MR) is 160 cm³/mol. The molecule has 5 rings (SSSR count). The van der Waals surface area contributed by atoms with E-state index in [4.69, 9.17) is 36.3 Å². The molecule has 4 aromatic rings. The van der Waals surface area contributed by atoms with E-state index in [0.717, 1.165) is 16.7 Å². The molecule has 0 spiro atoms. The van der Waals surface area contributed by atoms with Crippen LogP contribution in [0.2, 0.25) is 5.02 Å². The first-order valence-corrected chi connectivity index (χ1v) is 13.8. The molecule has 0 bridgehead atoms. The van der Waals surface area contributed by atoms with Crippen molar-refractivity contribution in [2.75, 3.05) is 6.61 Å². The minimum Gasteiger partial charge on any atom is -0.489 e. The van der Waals surface area contributed by atoms with Crippen LogP contribution in [0.3, 0.4) is 0 Å². The molecule has 1 aliphatic rings. The standard InChI is InChI=1S/C34H29ClN2O5/c1-21(2)23-5-11-27(12-6-23)40-20-32(38)41-28-15-16-29-31(17-28)42-34(37)30(18-36)33(29)24-7-13-26(14-8-24)39-19-22-3-9-25(35)10-4-22/h3-17,21,33H,19-20,37H2,1-2H3. The molecule has 212 valence electrons. The fourth-order valence-corrected chi connectivity index (χ4v) is 4.72. The van der Waals surface area contributed by atoms with Crippen LogP contribution in [0.1, 0.15) is 47.9 Å². The molecule has 0 amide bonds. The molecule has 1 unspecified atom stereocenters. The fourth-order valence-electron chi connectivity index (χ4n) is 4.60. The van der Waals surface area contributed by atoms with Crippen LogP contribution >= 0.6 is 11.6 Å². The molecule has 1 atom stereocenters. The number of fused-ring (bicyclic) bond motifs is 1. The zero-order chi connectivity index (χ0) is 29.6. The summed E-state index contributed by atoms with van der Waals surface area (Å²) in [5.74, 6) is 1.30. The maximum Gasteiger partial charge on any atom is 0.349 e. The van der Waals surface area contributed by atoms with E-state index < -0.39 is 11.9 Å². The predicted octanol–water partition coefficient (Wildman–Crippen LogP) is 7.24. The summed E-state index contributed by atoms with van der Waals surface area (Å²) >= 11 is 5.95. The minimum absolute atomic E-state index is 0.00489. The first-order chi connectivity index (χ1) is 20.3. The smallest absolute Gasteiger partial charge is 0.349 e. The van der Waals surface area contributed by atoms with Crippen molar-refractivity contribution < 1.29 is 23.7 Å². The molecule has 0 fully saturated rings. The average molecular weight is 581 g/mol. The third-order valence-corrected chi connectivity index (χ3v) is 7.11. The summed E-state index contributed by atoms with van der Waals surface area (Å²) in [4.78, 5) is 12.5. The zero-order valence-electron chi connectivity index (χ0n) is 23.2. The molecule has 1 aliphatic heterocycles. The second kappa shape index (κ2) is 12.7. The van der Waals surface area contributed by atoms with Crippen LogP contribution in [-0.2, 0) is 11.4 Å². The summed E-state index contributed by atoms with van der Waals surface area (Å²) in [5, 5.41) is 10.6. The topological polar surface area (TPSA) is 104 Å². The Morgan fingerprint density at radius 2 is 1.57 bits per heavy atom. The number of allylic oxidation sites excluding steroid dienone is 1. The number of nitrogens with zero attached hydrogens (tertiary/aromatic N) is 1. The van der Waals surface area contributed by atoms with Gasteiger partial charge in [-0.2, -0.15) is 5.26 Å². The normalized spacial score (nSPS) is 14.0. The molecule has 0 aromatic heterocycles. The van der Waals surface area contributed by atoms with Crippen LogP contribution in [0.5, 0.6) is 23.0 Å². The summed E-state index contributed by atoms with van der Waals surface area (Å²) in [6.07, 6.45) is 0. The van der Waals surface area contributed by atoms with Gasteiger partial charge in [-0.05, 0) is 65.1 Å². The van der Waals surface area contributed by atoms with Crippen molar-refractivity contribution >= 4 is 17.6 Å². The molecular formula is C34H29ClN2O5. The number of carbonyl (C=O) groups is 1. The quantitative estimate of drug-likeness (QED) is 0.164. The molecule has 4 aromatic carbocycles. The van der Waals surface area contributed by atoms with Gasteiger partial charge in [-0.3, -0.25) is 0 Å². The molecule has 8 heteroatoms. The lowest BCUT2D eigenvalue weighted by molar-refractivity contribution is -0.136. The van der Waals surface area contributed by atoms with E-state index in [-0.39, 0.29) is 18.2 Å². The Bertz CT molecular complexity index is 1640. The number of benzene rings is 4. The Balaban J connectivity index is 1.27. The first-order valence-electron chi connectivity index (χ1n) is 13.4. The second-order valence-electron chi connectivity index (χ2n) is 10.1. The minimum atomic E-state index is -0.564. The van der Waals surface area contributed by atoms with Crippen LogP contribution in [0, 0.1) is 11.3 Å². The van der Waals surface area contributed by atoms with Crippen molar-refractivity contribution in [3.8, 4) is 29.1 Å². The van der Waals surface area contributed by atoms with E-state index in [9.17, 15) is 10.1 Å². The highest BCUT2D eigenvalue weighted by atomic mass is 35.5. The van der Waals surface area contributed by atoms with Gasteiger partial charge in [0, 0.05) is 16.7 Å². The molecular weight excluding hydrogens is 552 g/mol. The van der Waals surface area contributed by atoms with E-state index in [0.29, 0.717) is 40.4 Å². The van der Waals surface area contributed by atoms with Crippen LogP contribution in [0.15, 0.2) is 102 Å². The lowest BCUT2D eigenvalue weighted by Crippen LogP contribution is -2.21. The van der Waals surface area contributed by atoms with Crippen molar-refractivity contribution in [2.45, 2.75) is 32.3 Å². The van der Waals surface area contributed by atoms with Crippen molar-refractivity contribution in [3.63, 3.8) is 0 Å². The summed E-state index contributed by atoms with van der Waals surface area (Å²) < 4.78 is 22.7. The van der Waals surface area contributed by atoms with Crippen molar-refractivity contribution in [1.29, 1.82) is 5.26 Å². The molecule has 0 aliphatic carbocycles. The van der Waals surface area contributed by atoms with E-state index in [2.05, 4.69) is 19.9 Å². The van der Waals surface area contributed by atoms with Crippen LogP contribution in [-0.4, -0.2) is 12.6 Å². The van der Waals surface area contributed by atoms with Gasteiger partial charge in [0.2, 0.25) is 5.88 Å². The number of halogens is 1. The fraction of sp³-hybridized carbons (Fsp3) is 0.176. The highest BCUT2D eigenvalue weighted by molar-refractivity contribution is 6.30. The average Bonchev–Trinajstić information content (AvgIpc) is 2.99. The maximum absolute atomic E-state index is 12.5. The number of nitriles is 1. The lowest BCUT2D eigenvalue weighted by atomic mass is 9.83. The summed E-state index contributed by atoms with van der Waals surface area (Å²) in [6, 6.07) is 29.7. The van der Waals surface area contributed by atoms with Gasteiger partial charge in [-0.25, -0.2) is 4.79 Å². The summed E-state index contributed by atoms with van der Waals surface area (Å²) in [7, 11) is 0. The Hall–Kier alpha value is -4.93. The Morgan fingerprint density at radius 3 is 2.24 bits per heavy atom. The van der Waals surface area contributed by atoms with Gasteiger partial charge in [0.1, 0.15) is 41.2 Å². The lowest BCUT2D eigenvalue weighted by Gasteiger charge is -2.26. The Kier molecular flexibility index (Phi) is 8.66. The van der Waals surface area contributed by atoms with E-state index in [1.807, 2.05) is 72.8 Å². The van der Waals surface area contributed by atoms with Gasteiger partial charge in [-0.15, -0.1) is 0 Å². The van der Waals surface area contributed by atoms with Gasteiger partial charge in [0.25, 0.3) is 0 Å². The monoisotopic (exact) mass is 580 g/mol. The zero-order valence-corrected chi connectivity index (χ0v) is 23.9. The van der Waals surface area contributed by atoms with Crippen LogP contribution < -0.4 is 24.7 Å². The molecule has 0 saturated heterocycles. The molecule has 42 heavy (non-hydrogen) atoms. The van der Waals surface area contributed by atoms with E-state index in [1.165, 1.54) is 5.56 Å². The van der Waals surface area contributed by atoms with Crippen molar-refractivity contribution in [1.82, 2.24) is 0 Å². The number of esters is 1. The van der Waals surface area contributed by atoms with E-state index >= 15 is 0 Å². The SMILES string of the molecule is CC(C)c1ccc(OCC(=O)Oc2ccc3c(c2)OC(N)=C(C#N)C3c2ccc(OCc3ccc(Cl)cc3)cc2)cc1. The number of ether oxygens (including phenoxy) is 4. The highest BCUT2D eigenvalue weighted by Crippen LogP contribution is 2.43. The van der Waals surface area contributed by atoms with Crippen molar-refractivity contribution in [3.05, 3.63) is 130 Å².